The summed E-state index contributed by atoms with van der Waals surface area (Å²) in [7, 11) is 1.43. The maximum atomic E-state index is 13.5. The van der Waals surface area contributed by atoms with Crippen molar-refractivity contribution in [2.24, 2.45) is 5.92 Å². The van der Waals surface area contributed by atoms with Crippen molar-refractivity contribution >= 4 is 0 Å². The number of methoxy groups -OCH3 is 1. The van der Waals surface area contributed by atoms with Crippen molar-refractivity contribution in [3.05, 3.63) is 29.6 Å². The first-order valence-corrected chi connectivity index (χ1v) is 5.59. The molecular weight excluding hydrogens is 207 g/mol. The Morgan fingerprint density at radius 2 is 2.19 bits per heavy atom. The Kier molecular flexibility index (Phi) is 2.89. The average Bonchev–Trinajstić information content (AvgIpc) is 3.01. The molecule has 0 bridgehead atoms. The number of aliphatic hydroxyl groups is 1. The van der Waals surface area contributed by atoms with Gasteiger partial charge in [-0.25, -0.2) is 4.39 Å². The second kappa shape index (κ2) is 4.06. The number of hydrogen-bond acceptors (Lipinski definition) is 2. The van der Waals surface area contributed by atoms with Gasteiger partial charge in [-0.1, -0.05) is 18.9 Å². The Bertz CT molecular complexity index is 384. The Labute approximate surface area is 95.1 Å². The van der Waals surface area contributed by atoms with E-state index in [0.29, 0.717) is 17.9 Å². The fraction of sp³-hybridized carbons (Fsp3) is 0.538. The van der Waals surface area contributed by atoms with Crippen LogP contribution in [0.1, 0.15) is 31.7 Å². The van der Waals surface area contributed by atoms with E-state index >= 15 is 0 Å². The zero-order valence-electron chi connectivity index (χ0n) is 9.66. The van der Waals surface area contributed by atoms with Gasteiger partial charge in [0, 0.05) is 0 Å². The van der Waals surface area contributed by atoms with E-state index in [1.807, 2.05) is 0 Å². The van der Waals surface area contributed by atoms with Gasteiger partial charge in [-0.2, -0.15) is 0 Å². The molecular formula is C13H17FO2. The third kappa shape index (κ3) is 2.35. The Balaban J connectivity index is 2.21. The summed E-state index contributed by atoms with van der Waals surface area (Å²) in [6.45, 7) is 1.74. The van der Waals surface area contributed by atoms with Crippen LogP contribution in [-0.2, 0) is 5.60 Å². The Morgan fingerprint density at radius 3 is 2.69 bits per heavy atom. The van der Waals surface area contributed by atoms with Crippen molar-refractivity contribution in [3.8, 4) is 5.75 Å². The van der Waals surface area contributed by atoms with Gasteiger partial charge < -0.3 is 9.84 Å². The van der Waals surface area contributed by atoms with E-state index < -0.39 is 11.4 Å². The number of ether oxygens (including phenoxy) is 1. The number of benzene rings is 1. The molecule has 1 aromatic carbocycles. The van der Waals surface area contributed by atoms with E-state index in [-0.39, 0.29) is 5.75 Å². The minimum atomic E-state index is -0.936. The molecule has 1 aliphatic carbocycles. The molecule has 1 saturated carbocycles. The summed E-state index contributed by atoms with van der Waals surface area (Å²) >= 11 is 0. The Hall–Kier alpha value is -1.09. The summed E-state index contributed by atoms with van der Waals surface area (Å²) in [5.41, 5.74) is -0.313. The van der Waals surface area contributed by atoms with Crippen molar-refractivity contribution in [2.75, 3.05) is 7.11 Å². The van der Waals surface area contributed by atoms with Gasteiger partial charge in [-0.05, 0) is 37.0 Å². The number of hydrogen-bond donors (Lipinski definition) is 1. The van der Waals surface area contributed by atoms with Crippen molar-refractivity contribution in [1.82, 2.24) is 0 Å². The molecule has 0 aliphatic heterocycles. The molecule has 0 radical (unpaired) electrons. The predicted molar refractivity (Wildman–Crippen MR) is 59.9 cm³/mol. The van der Waals surface area contributed by atoms with Gasteiger partial charge in [0.1, 0.15) is 0 Å². The van der Waals surface area contributed by atoms with Gasteiger partial charge in [0.05, 0.1) is 12.7 Å². The maximum Gasteiger partial charge on any atom is 0.165 e. The van der Waals surface area contributed by atoms with Crippen LogP contribution in [0.15, 0.2) is 18.2 Å². The summed E-state index contributed by atoms with van der Waals surface area (Å²) in [5.74, 6) is 0.391. The first kappa shape index (κ1) is 11.4. The van der Waals surface area contributed by atoms with E-state index in [1.165, 1.54) is 26.0 Å². The molecule has 16 heavy (non-hydrogen) atoms. The summed E-state index contributed by atoms with van der Waals surface area (Å²) in [5, 5.41) is 10.3. The molecule has 0 heterocycles. The van der Waals surface area contributed by atoms with Gasteiger partial charge >= 0.3 is 0 Å². The monoisotopic (exact) mass is 224 g/mol. The van der Waals surface area contributed by atoms with Crippen LogP contribution in [0, 0.1) is 11.7 Å². The van der Waals surface area contributed by atoms with Gasteiger partial charge in [0.2, 0.25) is 0 Å². The highest BCUT2D eigenvalue weighted by Crippen LogP contribution is 2.41. The summed E-state index contributed by atoms with van der Waals surface area (Å²) in [4.78, 5) is 0. The summed E-state index contributed by atoms with van der Waals surface area (Å²) in [6, 6.07) is 4.65. The topological polar surface area (TPSA) is 29.5 Å². The minimum absolute atomic E-state index is 0.214. The van der Waals surface area contributed by atoms with Gasteiger partial charge in [0.25, 0.3) is 0 Å². The molecule has 3 heteroatoms. The zero-order valence-corrected chi connectivity index (χ0v) is 9.66. The lowest BCUT2D eigenvalue weighted by molar-refractivity contribution is 0.0414. The number of rotatable bonds is 4. The fourth-order valence-corrected chi connectivity index (χ4v) is 2.00. The Morgan fingerprint density at radius 1 is 1.50 bits per heavy atom. The highest BCUT2D eigenvalue weighted by Gasteiger charge is 2.33. The quantitative estimate of drug-likeness (QED) is 0.852. The van der Waals surface area contributed by atoms with Crippen LogP contribution in [0.2, 0.25) is 0 Å². The lowest BCUT2D eigenvalue weighted by atomic mass is 9.90. The van der Waals surface area contributed by atoms with Crippen molar-refractivity contribution < 1.29 is 14.2 Å². The molecule has 2 rings (SSSR count). The van der Waals surface area contributed by atoms with Crippen LogP contribution < -0.4 is 4.74 Å². The van der Waals surface area contributed by atoms with Crippen LogP contribution in [-0.4, -0.2) is 12.2 Å². The molecule has 1 N–H and O–H groups in total. The fourth-order valence-electron chi connectivity index (χ4n) is 2.00. The molecule has 0 aromatic heterocycles. The van der Waals surface area contributed by atoms with E-state index in [9.17, 15) is 9.50 Å². The molecule has 1 atom stereocenters. The van der Waals surface area contributed by atoms with E-state index in [0.717, 1.165) is 0 Å². The van der Waals surface area contributed by atoms with Crippen LogP contribution in [0.25, 0.3) is 0 Å². The van der Waals surface area contributed by atoms with Gasteiger partial charge in [-0.3, -0.25) is 0 Å². The van der Waals surface area contributed by atoms with Crippen molar-refractivity contribution in [3.63, 3.8) is 0 Å². The lowest BCUT2D eigenvalue weighted by Gasteiger charge is -2.24. The first-order valence-electron chi connectivity index (χ1n) is 5.59. The highest BCUT2D eigenvalue weighted by molar-refractivity contribution is 5.32. The SMILES string of the molecule is COc1ccc(C(C)(O)CC2CC2)cc1F. The first-order chi connectivity index (χ1) is 7.53. The molecule has 0 saturated heterocycles. The minimum Gasteiger partial charge on any atom is -0.494 e. The van der Waals surface area contributed by atoms with Crippen LogP contribution in [0.3, 0.4) is 0 Å². The van der Waals surface area contributed by atoms with Crippen molar-refractivity contribution in [2.45, 2.75) is 31.8 Å². The molecule has 1 aliphatic rings. The zero-order chi connectivity index (χ0) is 11.8. The normalized spacial score (nSPS) is 19.2. The second-order valence-electron chi connectivity index (χ2n) is 4.77. The van der Waals surface area contributed by atoms with Crippen LogP contribution in [0.4, 0.5) is 4.39 Å². The molecule has 88 valence electrons. The lowest BCUT2D eigenvalue weighted by Crippen LogP contribution is -2.22. The van der Waals surface area contributed by atoms with E-state index in [2.05, 4.69) is 0 Å². The molecule has 1 fully saturated rings. The molecule has 0 amide bonds. The number of halogens is 1. The second-order valence-corrected chi connectivity index (χ2v) is 4.77. The van der Waals surface area contributed by atoms with Crippen LogP contribution in [0.5, 0.6) is 5.75 Å². The van der Waals surface area contributed by atoms with Gasteiger partial charge in [-0.15, -0.1) is 0 Å². The summed E-state index contributed by atoms with van der Waals surface area (Å²) in [6.07, 6.45) is 3.06. The third-order valence-electron chi connectivity index (χ3n) is 3.16. The van der Waals surface area contributed by atoms with E-state index in [4.69, 9.17) is 4.74 Å². The standard InChI is InChI=1S/C13H17FO2/c1-13(15,8-9-3-4-9)10-5-6-12(16-2)11(14)7-10/h5-7,9,15H,3-4,8H2,1-2H3. The third-order valence-corrected chi connectivity index (χ3v) is 3.16. The van der Waals surface area contributed by atoms with Crippen LogP contribution >= 0.6 is 0 Å². The molecule has 2 nitrogen and oxygen atoms in total. The average molecular weight is 224 g/mol. The summed E-state index contributed by atoms with van der Waals surface area (Å²) < 4.78 is 18.3. The van der Waals surface area contributed by atoms with Crippen molar-refractivity contribution in [1.29, 1.82) is 0 Å². The molecule has 0 spiro atoms. The molecule has 1 aromatic rings. The maximum absolute atomic E-state index is 13.5. The smallest absolute Gasteiger partial charge is 0.165 e. The van der Waals surface area contributed by atoms with E-state index in [1.54, 1.807) is 19.1 Å². The predicted octanol–water partition coefficient (Wildman–Crippen LogP) is 2.84. The highest BCUT2D eigenvalue weighted by atomic mass is 19.1. The van der Waals surface area contributed by atoms with Gasteiger partial charge in [0.15, 0.2) is 11.6 Å². The largest absolute Gasteiger partial charge is 0.494 e. The molecule has 1 unspecified atom stereocenters.